The van der Waals surface area contributed by atoms with Gasteiger partial charge >= 0.3 is 0 Å². The lowest BCUT2D eigenvalue weighted by atomic mass is 10.00. The predicted octanol–water partition coefficient (Wildman–Crippen LogP) is 0.525. The van der Waals surface area contributed by atoms with E-state index in [0.717, 1.165) is 0 Å². The summed E-state index contributed by atoms with van der Waals surface area (Å²) in [5.74, 6) is 0.455. The maximum Gasteiger partial charge on any atom is 0.180 e. The van der Waals surface area contributed by atoms with Gasteiger partial charge in [0, 0.05) is 18.7 Å². The summed E-state index contributed by atoms with van der Waals surface area (Å²) in [5.41, 5.74) is 6.75. The summed E-state index contributed by atoms with van der Waals surface area (Å²) in [6.45, 7) is 2.47. The lowest BCUT2D eigenvalue weighted by molar-refractivity contribution is 0.0733. The van der Waals surface area contributed by atoms with Crippen molar-refractivity contribution in [3.8, 4) is 5.75 Å². The molecule has 6 heteroatoms. The molecular weight excluding hydrogens is 272 g/mol. The quantitative estimate of drug-likeness (QED) is 0.454. The summed E-state index contributed by atoms with van der Waals surface area (Å²) in [4.78, 5) is 14.4. The average molecular weight is 296 g/mol. The molecule has 0 heterocycles. The van der Waals surface area contributed by atoms with E-state index in [4.69, 9.17) is 20.7 Å². The molecule has 1 unspecified atom stereocenters. The molecule has 0 saturated heterocycles. The average Bonchev–Trinajstić information content (AvgIpc) is 2.48. The Morgan fingerprint density at radius 3 is 2.38 bits per heavy atom. The van der Waals surface area contributed by atoms with Gasteiger partial charge in [0.2, 0.25) is 0 Å². The van der Waals surface area contributed by atoms with Gasteiger partial charge in [-0.3, -0.25) is 9.69 Å². The summed E-state index contributed by atoms with van der Waals surface area (Å²) < 4.78 is 5.08. The molecule has 0 fully saturated rings. The highest BCUT2D eigenvalue weighted by atomic mass is 16.5. The van der Waals surface area contributed by atoms with Gasteiger partial charge in [-0.2, -0.15) is 0 Å². The third kappa shape index (κ3) is 4.42. The van der Waals surface area contributed by atoms with Gasteiger partial charge in [0.05, 0.1) is 32.1 Å². The van der Waals surface area contributed by atoms with Gasteiger partial charge in [-0.05, 0) is 24.6 Å². The van der Waals surface area contributed by atoms with Crippen molar-refractivity contribution >= 4 is 11.5 Å². The number of ether oxygens (including phenoxy) is 1. The van der Waals surface area contributed by atoms with Crippen molar-refractivity contribution < 1.29 is 19.7 Å². The van der Waals surface area contributed by atoms with Gasteiger partial charge in [-0.15, -0.1) is 0 Å². The first kappa shape index (κ1) is 17.4. The Bertz CT molecular complexity index is 459. The number of nitrogens with two attached hydrogens (primary N) is 1. The molecule has 118 valence electrons. The number of carbonyl (C=O) groups excluding carboxylic acids is 1. The Hall–Kier alpha value is -1.63. The van der Waals surface area contributed by atoms with Gasteiger partial charge in [0.1, 0.15) is 5.75 Å². The molecule has 0 spiro atoms. The lowest BCUT2D eigenvalue weighted by Crippen LogP contribution is -2.44. The molecule has 0 saturated carbocycles. The van der Waals surface area contributed by atoms with Crippen LogP contribution in [0, 0.1) is 0 Å². The summed E-state index contributed by atoms with van der Waals surface area (Å²) in [7, 11) is 1.52. The fourth-order valence-electron chi connectivity index (χ4n) is 2.37. The van der Waals surface area contributed by atoms with E-state index in [1.165, 1.54) is 7.11 Å². The highest BCUT2D eigenvalue weighted by molar-refractivity contribution is 6.01. The molecule has 0 aliphatic carbocycles. The summed E-state index contributed by atoms with van der Waals surface area (Å²) in [6.07, 6.45) is 0.588. The molecule has 1 rings (SSSR count). The van der Waals surface area contributed by atoms with Crippen LogP contribution in [0.4, 0.5) is 5.69 Å². The number of anilines is 1. The van der Waals surface area contributed by atoms with E-state index in [9.17, 15) is 4.79 Å². The Kier molecular flexibility index (Phi) is 7.14. The van der Waals surface area contributed by atoms with E-state index in [0.29, 0.717) is 36.5 Å². The lowest BCUT2D eigenvalue weighted by Gasteiger charge is -2.28. The number of ketones is 1. The van der Waals surface area contributed by atoms with E-state index in [2.05, 4.69) is 0 Å². The minimum Gasteiger partial charge on any atom is -0.495 e. The van der Waals surface area contributed by atoms with E-state index >= 15 is 0 Å². The fraction of sp³-hybridized carbons (Fsp3) is 0.533. The number of aliphatic hydroxyl groups is 2. The highest BCUT2D eigenvalue weighted by Crippen LogP contribution is 2.23. The van der Waals surface area contributed by atoms with Crippen molar-refractivity contribution in [3.05, 3.63) is 23.8 Å². The first-order valence-corrected chi connectivity index (χ1v) is 7.02. The normalized spacial score (nSPS) is 12.4. The molecule has 1 aromatic rings. The van der Waals surface area contributed by atoms with Crippen LogP contribution >= 0.6 is 0 Å². The van der Waals surface area contributed by atoms with Crippen molar-refractivity contribution in [1.29, 1.82) is 0 Å². The number of carbonyl (C=O) groups is 1. The van der Waals surface area contributed by atoms with Crippen LogP contribution in [-0.4, -0.2) is 60.4 Å². The van der Waals surface area contributed by atoms with E-state index in [1.54, 1.807) is 23.1 Å². The molecule has 6 nitrogen and oxygen atoms in total. The second kappa shape index (κ2) is 8.61. The molecule has 0 aliphatic rings. The van der Waals surface area contributed by atoms with Gasteiger partial charge in [-0.1, -0.05) is 6.92 Å². The van der Waals surface area contributed by atoms with Crippen molar-refractivity contribution in [2.24, 2.45) is 0 Å². The highest BCUT2D eigenvalue weighted by Gasteiger charge is 2.25. The zero-order valence-electron chi connectivity index (χ0n) is 12.6. The van der Waals surface area contributed by atoms with Crippen LogP contribution in [0.5, 0.6) is 5.75 Å². The number of aliphatic hydroxyl groups excluding tert-OH is 2. The summed E-state index contributed by atoms with van der Waals surface area (Å²) >= 11 is 0. The first-order chi connectivity index (χ1) is 10.1. The van der Waals surface area contributed by atoms with E-state index < -0.39 is 6.04 Å². The van der Waals surface area contributed by atoms with Crippen molar-refractivity contribution in [2.75, 3.05) is 39.1 Å². The Morgan fingerprint density at radius 2 is 1.95 bits per heavy atom. The van der Waals surface area contributed by atoms with Gasteiger partial charge in [0.15, 0.2) is 5.78 Å². The van der Waals surface area contributed by atoms with E-state index in [-0.39, 0.29) is 19.0 Å². The van der Waals surface area contributed by atoms with Crippen LogP contribution in [0.25, 0.3) is 0 Å². The van der Waals surface area contributed by atoms with Crippen LogP contribution in [0.15, 0.2) is 18.2 Å². The van der Waals surface area contributed by atoms with Crippen LogP contribution in [0.3, 0.4) is 0 Å². The number of hydrogen-bond donors (Lipinski definition) is 3. The summed E-state index contributed by atoms with van der Waals surface area (Å²) in [6, 6.07) is 4.55. The zero-order chi connectivity index (χ0) is 15.8. The van der Waals surface area contributed by atoms with Crippen molar-refractivity contribution in [2.45, 2.75) is 19.4 Å². The van der Waals surface area contributed by atoms with Crippen LogP contribution in [0.2, 0.25) is 0 Å². The number of benzene rings is 1. The van der Waals surface area contributed by atoms with Crippen LogP contribution < -0.4 is 10.5 Å². The SMILES string of the molecule is CCC(C(=O)c1ccc(OC)c(N)c1)N(CCO)CCO. The zero-order valence-corrected chi connectivity index (χ0v) is 12.6. The number of hydrogen-bond acceptors (Lipinski definition) is 6. The smallest absolute Gasteiger partial charge is 0.180 e. The molecule has 0 amide bonds. The second-order valence-electron chi connectivity index (χ2n) is 4.73. The minimum absolute atomic E-state index is 0.0610. The maximum absolute atomic E-state index is 12.6. The van der Waals surface area contributed by atoms with Crippen LogP contribution in [0.1, 0.15) is 23.7 Å². The summed E-state index contributed by atoms with van der Waals surface area (Å²) in [5, 5.41) is 18.2. The number of Topliss-reactive ketones (excluding diaryl/α,β-unsaturated/α-hetero) is 1. The van der Waals surface area contributed by atoms with Crippen LogP contribution in [-0.2, 0) is 0 Å². The second-order valence-corrected chi connectivity index (χ2v) is 4.73. The van der Waals surface area contributed by atoms with Crippen molar-refractivity contribution in [1.82, 2.24) is 4.90 Å². The molecule has 4 N–H and O–H groups in total. The third-order valence-electron chi connectivity index (χ3n) is 3.42. The van der Waals surface area contributed by atoms with Gasteiger partial charge in [-0.25, -0.2) is 0 Å². The first-order valence-electron chi connectivity index (χ1n) is 7.02. The van der Waals surface area contributed by atoms with Gasteiger partial charge in [0.25, 0.3) is 0 Å². The molecule has 1 atom stereocenters. The Balaban J connectivity index is 2.98. The molecular formula is C15H24N2O4. The van der Waals surface area contributed by atoms with Gasteiger partial charge < -0.3 is 20.7 Å². The van der Waals surface area contributed by atoms with E-state index in [1.807, 2.05) is 6.92 Å². The third-order valence-corrected chi connectivity index (χ3v) is 3.42. The predicted molar refractivity (Wildman–Crippen MR) is 81.6 cm³/mol. The molecule has 1 aromatic carbocycles. The minimum atomic E-state index is -0.392. The van der Waals surface area contributed by atoms with Crippen molar-refractivity contribution in [3.63, 3.8) is 0 Å². The molecule has 0 radical (unpaired) electrons. The number of rotatable bonds is 9. The maximum atomic E-state index is 12.6. The standard InChI is InChI=1S/C15H24N2O4/c1-3-13(17(6-8-18)7-9-19)15(20)11-4-5-14(21-2)12(16)10-11/h4-5,10,13,18-19H,3,6-9,16H2,1-2H3. The Morgan fingerprint density at radius 1 is 1.33 bits per heavy atom. The topological polar surface area (TPSA) is 96.0 Å². The monoisotopic (exact) mass is 296 g/mol. The molecule has 0 aromatic heterocycles. The largest absolute Gasteiger partial charge is 0.495 e. The number of methoxy groups -OCH3 is 1. The molecule has 21 heavy (non-hydrogen) atoms. The number of nitrogen functional groups attached to an aromatic ring is 1. The fourth-order valence-corrected chi connectivity index (χ4v) is 2.37. The molecule has 0 aliphatic heterocycles. The molecule has 0 bridgehead atoms. The number of nitrogens with zero attached hydrogens (tertiary/aromatic N) is 1. The Labute approximate surface area is 125 Å².